The van der Waals surface area contributed by atoms with E-state index in [1.54, 1.807) is 4.90 Å². The van der Waals surface area contributed by atoms with Crippen molar-refractivity contribution < 1.29 is 19.1 Å². The molecule has 0 radical (unpaired) electrons. The van der Waals surface area contributed by atoms with E-state index in [1.165, 1.54) is 0 Å². The molecule has 32 heavy (non-hydrogen) atoms. The molecule has 0 unspecified atom stereocenters. The molecular weight excluding hydrogens is 476 g/mol. The summed E-state index contributed by atoms with van der Waals surface area (Å²) in [5.74, 6) is 0.238. The molecular formula is C23H33BrN4O4. The number of piperidine rings is 1. The van der Waals surface area contributed by atoms with Crippen molar-refractivity contribution in [2.24, 2.45) is 5.41 Å². The van der Waals surface area contributed by atoms with E-state index in [0.29, 0.717) is 30.1 Å². The number of hydrogen-bond acceptors (Lipinski definition) is 6. The molecule has 3 aliphatic rings. The molecule has 3 heterocycles. The Morgan fingerprint density at radius 2 is 2.09 bits per heavy atom. The molecule has 1 aromatic rings. The molecule has 0 aromatic carbocycles. The number of hydrogen-bond donors (Lipinski definition) is 1. The number of halogens is 1. The number of carbonyl (C=O) groups is 2. The predicted octanol–water partition coefficient (Wildman–Crippen LogP) is 3.79. The molecule has 9 heteroatoms. The summed E-state index contributed by atoms with van der Waals surface area (Å²) in [6, 6.07) is 3.18. The number of pyridine rings is 1. The van der Waals surface area contributed by atoms with Gasteiger partial charge in [0.2, 0.25) is 5.91 Å². The van der Waals surface area contributed by atoms with E-state index >= 15 is 0 Å². The fourth-order valence-corrected chi connectivity index (χ4v) is 5.25. The van der Waals surface area contributed by atoms with E-state index in [-0.39, 0.29) is 17.4 Å². The van der Waals surface area contributed by atoms with E-state index in [9.17, 15) is 9.59 Å². The Morgan fingerprint density at radius 3 is 2.84 bits per heavy atom. The first kappa shape index (κ1) is 23.4. The SMILES string of the molecule is CN1CCCCOCc2ccc(Br)nc2NC(=O)[C@@H]2C[C@]3(C[C@H]3N2C(=O)OC(C)(C)C)C1. The zero-order chi connectivity index (χ0) is 23.1. The molecule has 4 rings (SSSR count). The molecule has 176 valence electrons. The van der Waals surface area contributed by atoms with Crippen molar-refractivity contribution in [3.63, 3.8) is 0 Å². The van der Waals surface area contributed by atoms with Crippen LogP contribution in [0.25, 0.3) is 0 Å². The Balaban J connectivity index is 1.63. The van der Waals surface area contributed by atoms with Crippen molar-refractivity contribution >= 4 is 33.7 Å². The van der Waals surface area contributed by atoms with Gasteiger partial charge in [0.05, 0.1) is 6.61 Å². The maximum atomic E-state index is 13.4. The number of anilines is 1. The Bertz CT molecular complexity index is 889. The van der Waals surface area contributed by atoms with Gasteiger partial charge in [-0.05, 0) is 82.0 Å². The molecule has 2 amide bonds. The van der Waals surface area contributed by atoms with Gasteiger partial charge >= 0.3 is 6.09 Å². The quantitative estimate of drug-likeness (QED) is 0.536. The highest BCUT2D eigenvalue weighted by Crippen LogP contribution is 2.60. The van der Waals surface area contributed by atoms with Crippen LogP contribution in [-0.2, 0) is 20.9 Å². The smallest absolute Gasteiger partial charge is 0.411 e. The Labute approximate surface area is 198 Å². The lowest BCUT2D eigenvalue weighted by atomic mass is 9.98. The summed E-state index contributed by atoms with van der Waals surface area (Å²) in [5.41, 5.74) is 0.135. The van der Waals surface area contributed by atoms with Gasteiger partial charge in [0.1, 0.15) is 22.1 Å². The van der Waals surface area contributed by atoms with Crippen molar-refractivity contribution in [1.82, 2.24) is 14.8 Å². The highest BCUT2D eigenvalue weighted by atomic mass is 79.9. The summed E-state index contributed by atoms with van der Waals surface area (Å²) >= 11 is 3.39. The average Bonchev–Trinajstić information content (AvgIpc) is 3.26. The van der Waals surface area contributed by atoms with Crippen molar-refractivity contribution in [1.29, 1.82) is 0 Å². The van der Waals surface area contributed by atoms with Gasteiger partial charge in [-0.2, -0.15) is 0 Å². The first-order chi connectivity index (χ1) is 15.1. The second-order valence-electron chi connectivity index (χ2n) is 10.3. The Morgan fingerprint density at radius 1 is 1.31 bits per heavy atom. The number of amides is 2. The largest absolute Gasteiger partial charge is 0.444 e. The molecule has 2 bridgehead atoms. The van der Waals surface area contributed by atoms with E-state index in [1.807, 2.05) is 32.9 Å². The highest BCUT2D eigenvalue weighted by Gasteiger charge is 2.68. The number of rotatable bonds is 0. The molecule has 1 N–H and O–H groups in total. The molecule has 1 spiro atoms. The normalized spacial score (nSPS) is 29.3. The van der Waals surface area contributed by atoms with Crippen LogP contribution in [-0.4, -0.2) is 71.2 Å². The zero-order valence-electron chi connectivity index (χ0n) is 19.3. The van der Waals surface area contributed by atoms with E-state index < -0.39 is 17.7 Å². The van der Waals surface area contributed by atoms with Crippen LogP contribution in [0.15, 0.2) is 16.7 Å². The van der Waals surface area contributed by atoms with E-state index in [4.69, 9.17) is 9.47 Å². The van der Waals surface area contributed by atoms with Crippen molar-refractivity contribution in [3.8, 4) is 0 Å². The van der Waals surface area contributed by atoms with Gasteiger partial charge in [-0.25, -0.2) is 9.78 Å². The van der Waals surface area contributed by atoms with Crippen molar-refractivity contribution in [2.75, 3.05) is 32.1 Å². The first-order valence-corrected chi connectivity index (χ1v) is 12.1. The molecule has 3 atom stereocenters. The van der Waals surface area contributed by atoms with Crippen LogP contribution < -0.4 is 5.32 Å². The van der Waals surface area contributed by atoms with Crippen LogP contribution in [0.2, 0.25) is 0 Å². The predicted molar refractivity (Wildman–Crippen MR) is 124 cm³/mol. The number of carbonyl (C=O) groups excluding carboxylic acids is 2. The number of fused-ring (bicyclic) bond motifs is 2. The standard InChI is InChI=1S/C23H33BrN4O4/c1-22(2,3)32-21(30)28-16-11-23(12-17(23)28)14-27(4)9-5-6-10-31-13-15-7-8-18(24)25-19(15)26-20(16)29/h7-8,16-17H,5-6,9-14H2,1-4H3,(H,25,26,29)/t16-,17+,23-/m0/s1. The molecule has 8 nitrogen and oxygen atoms in total. The van der Waals surface area contributed by atoms with Gasteiger partial charge in [0.25, 0.3) is 0 Å². The Hall–Kier alpha value is -1.71. The molecule has 1 aliphatic carbocycles. The van der Waals surface area contributed by atoms with Crippen LogP contribution >= 0.6 is 15.9 Å². The van der Waals surface area contributed by atoms with Gasteiger partial charge in [0.15, 0.2) is 0 Å². The lowest BCUT2D eigenvalue weighted by molar-refractivity contribution is -0.121. The molecule has 1 aromatic heterocycles. The zero-order valence-corrected chi connectivity index (χ0v) is 20.9. The van der Waals surface area contributed by atoms with Gasteiger partial charge in [0, 0.05) is 30.2 Å². The van der Waals surface area contributed by atoms with Crippen molar-refractivity contribution in [3.05, 3.63) is 22.3 Å². The lowest BCUT2D eigenvalue weighted by Crippen LogP contribution is -2.47. The number of likely N-dealkylation sites (tertiary alicyclic amines) is 1. The Kier molecular flexibility index (Phi) is 6.53. The van der Waals surface area contributed by atoms with Gasteiger partial charge in [-0.1, -0.05) is 6.07 Å². The molecule has 2 fully saturated rings. The van der Waals surface area contributed by atoms with Crippen LogP contribution in [0.5, 0.6) is 0 Å². The van der Waals surface area contributed by atoms with E-state index in [0.717, 1.165) is 37.9 Å². The second-order valence-corrected chi connectivity index (χ2v) is 11.1. The minimum Gasteiger partial charge on any atom is -0.444 e. The summed E-state index contributed by atoms with van der Waals surface area (Å²) in [4.78, 5) is 35.0. The highest BCUT2D eigenvalue weighted by molar-refractivity contribution is 9.10. The van der Waals surface area contributed by atoms with Crippen LogP contribution in [0.1, 0.15) is 52.0 Å². The van der Waals surface area contributed by atoms with Gasteiger partial charge < -0.3 is 19.7 Å². The third-order valence-electron chi connectivity index (χ3n) is 6.43. The molecule has 1 saturated carbocycles. The summed E-state index contributed by atoms with van der Waals surface area (Å²) in [6.07, 6.45) is 3.13. The third-order valence-corrected chi connectivity index (χ3v) is 6.87. The first-order valence-electron chi connectivity index (χ1n) is 11.3. The maximum Gasteiger partial charge on any atom is 0.411 e. The number of nitrogens with zero attached hydrogens (tertiary/aromatic N) is 3. The lowest BCUT2D eigenvalue weighted by Gasteiger charge is -2.30. The molecule has 2 aliphatic heterocycles. The van der Waals surface area contributed by atoms with Crippen LogP contribution in [0.4, 0.5) is 10.6 Å². The fraction of sp³-hybridized carbons (Fsp3) is 0.696. The number of nitrogens with one attached hydrogen (secondary N) is 1. The fourth-order valence-electron chi connectivity index (χ4n) is 4.94. The van der Waals surface area contributed by atoms with E-state index in [2.05, 4.69) is 38.2 Å². The monoisotopic (exact) mass is 508 g/mol. The number of ether oxygens (including phenoxy) is 2. The average molecular weight is 509 g/mol. The minimum atomic E-state index is -0.623. The summed E-state index contributed by atoms with van der Waals surface area (Å²) in [7, 11) is 2.12. The van der Waals surface area contributed by atoms with Crippen LogP contribution in [0.3, 0.4) is 0 Å². The van der Waals surface area contributed by atoms with Gasteiger partial charge in [-0.3, -0.25) is 9.69 Å². The maximum absolute atomic E-state index is 13.4. The third kappa shape index (κ3) is 5.10. The summed E-state index contributed by atoms with van der Waals surface area (Å²) in [5, 5.41) is 2.97. The second kappa shape index (κ2) is 8.91. The van der Waals surface area contributed by atoms with Crippen LogP contribution in [0, 0.1) is 5.41 Å². The van der Waals surface area contributed by atoms with Gasteiger partial charge in [-0.15, -0.1) is 0 Å². The minimum absolute atomic E-state index is 0.0294. The topological polar surface area (TPSA) is 84.0 Å². The molecule has 1 saturated heterocycles. The van der Waals surface area contributed by atoms with Crippen molar-refractivity contribution in [2.45, 2.75) is 70.7 Å². The summed E-state index contributed by atoms with van der Waals surface area (Å²) < 4.78 is 12.2. The summed E-state index contributed by atoms with van der Waals surface area (Å²) in [6.45, 7) is 8.41. The number of aromatic nitrogens is 1.